The van der Waals surface area contributed by atoms with Crippen LogP contribution < -0.4 is 9.80 Å². The molecule has 4 heteroatoms. The molecule has 1 saturated heterocycles. The highest BCUT2D eigenvalue weighted by atomic mass is 35.5. The van der Waals surface area contributed by atoms with Gasteiger partial charge >= 0.3 is 0 Å². The molecule has 2 N–H and O–H groups in total. The van der Waals surface area contributed by atoms with Crippen molar-refractivity contribution in [3.8, 4) is 0 Å². The van der Waals surface area contributed by atoms with Gasteiger partial charge in [-0.05, 0) is 47.4 Å². The summed E-state index contributed by atoms with van der Waals surface area (Å²) in [4.78, 5) is 6.20. The van der Waals surface area contributed by atoms with Crippen LogP contribution in [0.2, 0.25) is 5.02 Å². The van der Waals surface area contributed by atoms with Gasteiger partial charge in [-0.2, -0.15) is 0 Å². The number of hydrogen-bond acceptors (Lipinski definition) is 1. The quantitative estimate of drug-likeness (QED) is 0.803. The molecule has 2 aliphatic rings. The molecule has 0 unspecified atom stereocenters. The van der Waals surface area contributed by atoms with Gasteiger partial charge in [-0.1, -0.05) is 43.3 Å². The van der Waals surface area contributed by atoms with E-state index in [2.05, 4.69) is 51.2 Å². The first kappa shape index (κ1) is 18.4. The van der Waals surface area contributed by atoms with Gasteiger partial charge < -0.3 is 9.80 Å². The van der Waals surface area contributed by atoms with Gasteiger partial charge in [0, 0.05) is 26.8 Å². The molecular weight excluding hydrogens is 360 g/mol. The summed E-state index contributed by atoms with van der Waals surface area (Å²) in [6.07, 6.45) is 1.09. The van der Waals surface area contributed by atoms with Crippen LogP contribution in [0.25, 0.3) is 0 Å². The lowest BCUT2D eigenvalue weighted by molar-refractivity contribution is -1.02. The highest BCUT2D eigenvalue weighted by Crippen LogP contribution is 2.41. The van der Waals surface area contributed by atoms with Gasteiger partial charge in [-0.25, -0.2) is 0 Å². The molecule has 0 amide bonds. The maximum Gasteiger partial charge on any atom is 0.127 e. The molecule has 0 bridgehead atoms. The summed E-state index contributed by atoms with van der Waals surface area (Å²) in [7, 11) is 2.32. The number of likely N-dealkylation sites (N-methyl/N-ethyl adjacent to an activating group) is 1. The van der Waals surface area contributed by atoms with Gasteiger partial charge in [-0.15, -0.1) is 0 Å². The Balaban J connectivity index is 1.78. The van der Waals surface area contributed by atoms with Crippen LogP contribution in [0.3, 0.4) is 0 Å². The van der Waals surface area contributed by atoms with E-state index in [1.807, 2.05) is 17.8 Å². The average molecular weight is 389 g/mol. The summed E-state index contributed by atoms with van der Waals surface area (Å²) in [5.74, 6) is 0.568. The monoisotopic (exact) mass is 388 g/mol. The van der Waals surface area contributed by atoms with E-state index in [1.165, 1.54) is 47.1 Å². The van der Waals surface area contributed by atoms with Crippen LogP contribution >= 0.6 is 23.4 Å². The molecule has 2 aromatic carbocycles. The number of hydrogen-bond donors (Lipinski definition) is 2. The maximum atomic E-state index is 6.34. The van der Waals surface area contributed by atoms with E-state index in [4.69, 9.17) is 11.6 Å². The van der Waals surface area contributed by atoms with Gasteiger partial charge in [0.05, 0.1) is 7.05 Å². The molecule has 138 valence electrons. The van der Waals surface area contributed by atoms with Crippen molar-refractivity contribution in [1.29, 1.82) is 0 Å². The largest absolute Gasteiger partial charge is 0.328 e. The fourth-order valence-corrected chi connectivity index (χ4v) is 5.55. The molecule has 2 aromatic rings. The van der Waals surface area contributed by atoms with E-state index in [-0.39, 0.29) is 0 Å². The zero-order valence-electron chi connectivity index (χ0n) is 15.9. The number of benzene rings is 2. The smallest absolute Gasteiger partial charge is 0.127 e. The Bertz CT molecular complexity index is 797. The number of fused-ring (bicyclic) bond motifs is 2. The zero-order valence-corrected chi connectivity index (χ0v) is 17.5. The van der Waals surface area contributed by atoms with E-state index in [1.54, 1.807) is 15.4 Å². The molecule has 2 aliphatic heterocycles. The molecule has 4 rings (SSSR count). The number of halogens is 1. The molecule has 2 nitrogen and oxygen atoms in total. The van der Waals surface area contributed by atoms with Gasteiger partial charge in [0.2, 0.25) is 0 Å². The Morgan fingerprint density at radius 2 is 1.73 bits per heavy atom. The van der Waals surface area contributed by atoms with Crippen LogP contribution in [0.5, 0.6) is 0 Å². The number of nitrogens with one attached hydrogen (secondary N) is 2. The van der Waals surface area contributed by atoms with Crippen molar-refractivity contribution >= 4 is 23.4 Å². The summed E-state index contributed by atoms with van der Waals surface area (Å²) >= 11 is 8.26. The highest BCUT2D eigenvalue weighted by molar-refractivity contribution is 7.99. The van der Waals surface area contributed by atoms with Gasteiger partial charge in [0.15, 0.2) is 0 Å². The first-order valence-corrected chi connectivity index (χ1v) is 11.0. The van der Waals surface area contributed by atoms with Crippen LogP contribution in [-0.4, -0.2) is 33.2 Å². The Kier molecular flexibility index (Phi) is 5.34. The van der Waals surface area contributed by atoms with Crippen molar-refractivity contribution in [3.05, 3.63) is 58.1 Å². The summed E-state index contributed by atoms with van der Waals surface area (Å²) in [5, 5.41) is 0.856. The van der Waals surface area contributed by atoms with E-state index < -0.39 is 0 Å². The third-order valence-electron chi connectivity index (χ3n) is 5.98. The molecule has 1 fully saturated rings. The molecule has 1 atom stereocenters. The number of piperazine rings is 1. The van der Waals surface area contributed by atoms with E-state index in [9.17, 15) is 0 Å². The Morgan fingerprint density at radius 3 is 2.46 bits per heavy atom. The molecular formula is C22H29ClN2S+2. The highest BCUT2D eigenvalue weighted by Gasteiger charge is 2.34. The minimum absolute atomic E-state index is 0.531. The van der Waals surface area contributed by atoms with Crippen LogP contribution in [0.15, 0.2) is 46.2 Å². The van der Waals surface area contributed by atoms with Gasteiger partial charge in [-0.3, -0.25) is 0 Å². The molecule has 0 spiro atoms. The van der Waals surface area contributed by atoms with E-state index in [0.717, 1.165) is 11.4 Å². The van der Waals surface area contributed by atoms with E-state index >= 15 is 0 Å². The minimum atomic E-state index is 0.531. The second-order valence-electron chi connectivity index (χ2n) is 8.18. The van der Waals surface area contributed by atoms with E-state index in [0.29, 0.717) is 12.0 Å². The topological polar surface area (TPSA) is 8.88 Å². The van der Waals surface area contributed by atoms with Crippen LogP contribution in [-0.2, 0) is 6.42 Å². The second kappa shape index (κ2) is 7.55. The van der Waals surface area contributed by atoms with Gasteiger partial charge in [0.1, 0.15) is 32.2 Å². The van der Waals surface area contributed by atoms with Crippen molar-refractivity contribution in [3.63, 3.8) is 0 Å². The molecule has 0 aliphatic carbocycles. The minimum Gasteiger partial charge on any atom is -0.328 e. The second-order valence-corrected chi connectivity index (χ2v) is 9.70. The number of rotatable bonds is 2. The van der Waals surface area contributed by atoms with Crippen molar-refractivity contribution < 1.29 is 9.80 Å². The first-order chi connectivity index (χ1) is 12.5. The summed E-state index contributed by atoms with van der Waals surface area (Å²) in [5.41, 5.74) is 4.41. The lowest BCUT2D eigenvalue weighted by Crippen LogP contribution is -3.27. The third kappa shape index (κ3) is 3.68. The van der Waals surface area contributed by atoms with Gasteiger partial charge in [0.25, 0.3) is 0 Å². The predicted octanol–water partition coefficient (Wildman–Crippen LogP) is 2.63. The normalized spacial score (nSPS) is 25.5. The summed E-state index contributed by atoms with van der Waals surface area (Å²) < 4.78 is 0. The summed E-state index contributed by atoms with van der Waals surface area (Å²) in [6.45, 7) is 9.62. The van der Waals surface area contributed by atoms with Crippen molar-refractivity contribution in [2.24, 2.45) is 0 Å². The Morgan fingerprint density at radius 1 is 1.00 bits per heavy atom. The number of quaternary nitrogens is 2. The van der Waals surface area contributed by atoms with Crippen molar-refractivity contribution in [1.82, 2.24) is 0 Å². The lowest BCUT2D eigenvalue weighted by Gasteiger charge is -2.34. The predicted molar refractivity (Wildman–Crippen MR) is 110 cm³/mol. The maximum absolute atomic E-state index is 6.34. The van der Waals surface area contributed by atoms with Crippen molar-refractivity contribution in [2.45, 2.75) is 42.0 Å². The first-order valence-electron chi connectivity index (χ1n) is 9.77. The molecule has 26 heavy (non-hydrogen) atoms. The zero-order chi connectivity index (χ0) is 18.3. The average Bonchev–Trinajstić information content (AvgIpc) is 2.78. The SMILES string of the molecule is CC(C)c1ccc2c(c1)[C@@H]([NH+]1CC[NH+](C)CC1)Cc1cc(Cl)ccc1S2. The Labute approximate surface area is 166 Å². The molecule has 0 saturated carbocycles. The van der Waals surface area contributed by atoms with Crippen molar-refractivity contribution in [2.75, 3.05) is 33.2 Å². The molecule has 2 heterocycles. The lowest BCUT2D eigenvalue weighted by atomic mass is 9.93. The fourth-order valence-electron chi connectivity index (χ4n) is 4.26. The molecule has 0 aromatic heterocycles. The molecule has 0 radical (unpaired) electrons. The summed E-state index contributed by atoms with van der Waals surface area (Å²) in [6, 6.07) is 14.1. The third-order valence-corrected chi connectivity index (χ3v) is 7.43. The van der Waals surface area contributed by atoms with Crippen LogP contribution in [0.4, 0.5) is 0 Å². The van der Waals surface area contributed by atoms with Crippen LogP contribution in [0, 0.1) is 0 Å². The Hall–Kier alpha value is -1.000. The fraction of sp³-hybridized carbons (Fsp3) is 0.455. The standard InChI is InChI=1S/C22H27ClN2S/c1-15(2)16-4-6-22-19(13-16)20(25-10-8-24(3)9-11-25)14-17-12-18(23)5-7-21(17)26-22/h4-7,12-13,15,20H,8-11,14H2,1-3H3/p+2/t20-/m0/s1. The van der Waals surface area contributed by atoms with Crippen LogP contribution in [0.1, 0.15) is 42.5 Å².